The molecule has 3 aliphatic rings. The van der Waals surface area contributed by atoms with Gasteiger partial charge in [-0.05, 0) is 31.1 Å². The van der Waals surface area contributed by atoms with Gasteiger partial charge in [-0.25, -0.2) is 4.79 Å². The number of fused-ring (bicyclic) bond motifs is 4. The van der Waals surface area contributed by atoms with Gasteiger partial charge in [-0.3, -0.25) is 4.79 Å². The predicted molar refractivity (Wildman–Crippen MR) is 64.9 cm³/mol. The number of ether oxygens (including phenoxy) is 1. The van der Waals surface area contributed by atoms with E-state index in [1.807, 2.05) is 4.90 Å². The van der Waals surface area contributed by atoms with Crippen molar-refractivity contribution in [3.05, 3.63) is 0 Å². The highest BCUT2D eigenvalue weighted by Crippen LogP contribution is 2.37. The van der Waals surface area contributed by atoms with Crippen LogP contribution in [0.15, 0.2) is 0 Å². The highest BCUT2D eigenvalue weighted by Gasteiger charge is 2.44. The number of rotatable bonds is 0. The molecule has 3 heterocycles. The summed E-state index contributed by atoms with van der Waals surface area (Å²) in [5, 5.41) is 0. The minimum absolute atomic E-state index is 0.222. The van der Waals surface area contributed by atoms with Gasteiger partial charge in [-0.1, -0.05) is 0 Å². The molecule has 3 aliphatic heterocycles. The number of piperidine rings is 3. The summed E-state index contributed by atoms with van der Waals surface area (Å²) in [4.78, 5) is 27.5. The van der Waals surface area contributed by atoms with Crippen LogP contribution in [-0.4, -0.2) is 54.6 Å². The Morgan fingerprint density at radius 1 is 1.33 bits per heavy atom. The van der Waals surface area contributed by atoms with E-state index in [9.17, 15) is 9.59 Å². The predicted octanol–water partition coefficient (Wildman–Crippen LogP) is 1.09. The number of hydrogen-bond acceptors (Lipinski definition) is 3. The van der Waals surface area contributed by atoms with Crippen LogP contribution in [-0.2, 0) is 9.53 Å². The lowest BCUT2D eigenvalue weighted by molar-refractivity contribution is -0.144. The molecule has 0 radical (unpaired) electrons. The lowest BCUT2D eigenvalue weighted by Crippen LogP contribution is -2.61. The SMILES string of the molecule is COC(=O)N1C[C@H]2C[C@H](C1)C1CCCC(=O)N1C2. The van der Waals surface area contributed by atoms with Crippen LogP contribution in [0, 0.1) is 11.8 Å². The molecule has 0 aliphatic carbocycles. The van der Waals surface area contributed by atoms with E-state index in [4.69, 9.17) is 4.74 Å². The molecule has 3 atom stereocenters. The topological polar surface area (TPSA) is 49.9 Å². The summed E-state index contributed by atoms with van der Waals surface area (Å²) in [5.41, 5.74) is 0. The van der Waals surface area contributed by atoms with Crippen LogP contribution in [0.25, 0.3) is 0 Å². The van der Waals surface area contributed by atoms with Crippen LogP contribution in [0.4, 0.5) is 4.79 Å². The van der Waals surface area contributed by atoms with Gasteiger partial charge < -0.3 is 14.5 Å². The summed E-state index contributed by atoms with van der Waals surface area (Å²) < 4.78 is 4.82. The van der Waals surface area contributed by atoms with E-state index < -0.39 is 0 Å². The van der Waals surface area contributed by atoms with Crippen LogP contribution in [0.1, 0.15) is 25.7 Å². The Morgan fingerprint density at radius 3 is 2.94 bits per heavy atom. The zero-order chi connectivity index (χ0) is 12.7. The Kier molecular flexibility index (Phi) is 2.92. The maximum Gasteiger partial charge on any atom is 0.409 e. The molecule has 5 heteroatoms. The smallest absolute Gasteiger partial charge is 0.409 e. The first-order valence-electron chi connectivity index (χ1n) is 6.81. The van der Waals surface area contributed by atoms with Crippen LogP contribution in [0.3, 0.4) is 0 Å². The first-order chi connectivity index (χ1) is 8.69. The fourth-order valence-electron chi connectivity index (χ4n) is 3.89. The average molecular weight is 252 g/mol. The van der Waals surface area contributed by atoms with E-state index in [2.05, 4.69) is 4.90 Å². The highest BCUT2D eigenvalue weighted by molar-refractivity contribution is 5.77. The third-order valence-electron chi connectivity index (χ3n) is 4.61. The van der Waals surface area contributed by atoms with Gasteiger partial charge in [0.15, 0.2) is 0 Å². The number of amides is 2. The third kappa shape index (κ3) is 1.85. The quantitative estimate of drug-likeness (QED) is 0.648. The minimum Gasteiger partial charge on any atom is -0.453 e. The van der Waals surface area contributed by atoms with Crippen molar-refractivity contribution in [1.29, 1.82) is 0 Å². The van der Waals surface area contributed by atoms with E-state index in [0.717, 1.165) is 38.9 Å². The van der Waals surface area contributed by atoms with Gasteiger partial charge in [-0.2, -0.15) is 0 Å². The molecule has 100 valence electrons. The molecule has 5 nitrogen and oxygen atoms in total. The molecule has 18 heavy (non-hydrogen) atoms. The fourth-order valence-corrected chi connectivity index (χ4v) is 3.89. The monoisotopic (exact) mass is 252 g/mol. The Labute approximate surface area is 107 Å². The number of carbonyl (C=O) groups is 2. The van der Waals surface area contributed by atoms with Gasteiger partial charge in [0.1, 0.15) is 0 Å². The van der Waals surface area contributed by atoms with Gasteiger partial charge in [0, 0.05) is 32.1 Å². The normalized spacial score (nSPS) is 35.2. The van der Waals surface area contributed by atoms with Crippen molar-refractivity contribution in [2.24, 2.45) is 11.8 Å². The van der Waals surface area contributed by atoms with Crippen molar-refractivity contribution in [3.63, 3.8) is 0 Å². The van der Waals surface area contributed by atoms with Crippen molar-refractivity contribution < 1.29 is 14.3 Å². The van der Waals surface area contributed by atoms with Gasteiger partial charge in [0.25, 0.3) is 0 Å². The largest absolute Gasteiger partial charge is 0.453 e. The Morgan fingerprint density at radius 2 is 2.17 bits per heavy atom. The molecule has 2 bridgehead atoms. The first-order valence-corrected chi connectivity index (χ1v) is 6.81. The maximum atomic E-state index is 12.0. The van der Waals surface area contributed by atoms with Gasteiger partial charge in [-0.15, -0.1) is 0 Å². The van der Waals surface area contributed by atoms with Crippen LogP contribution >= 0.6 is 0 Å². The molecule has 3 rings (SSSR count). The Hall–Kier alpha value is -1.26. The highest BCUT2D eigenvalue weighted by atomic mass is 16.5. The van der Waals surface area contributed by atoms with Crippen LogP contribution in [0.2, 0.25) is 0 Å². The molecule has 0 N–H and O–H groups in total. The van der Waals surface area contributed by atoms with E-state index in [-0.39, 0.29) is 6.09 Å². The molecule has 2 amide bonds. The van der Waals surface area contributed by atoms with Crippen LogP contribution in [0.5, 0.6) is 0 Å². The lowest BCUT2D eigenvalue weighted by atomic mass is 9.76. The van der Waals surface area contributed by atoms with E-state index in [1.54, 1.807) is 0 Å². The average Bonchev–Trinajstić information content (AvgIpc) is 2.39. The van der Waals surface area contributed by atoms with E-state index in [0.29, 0.717) is 30.2 Å². The van der Waals surface area contributed by atoms with E-state index in [1.165, 1.54) is 7.11 Å². The standard InChI is InChI=1S/C13H20N2O3/c1-18-13(17)14-6-9-5-10(8-14)11-3-2-4-12(16)15(11)7-9/h9-11H,2-8H2,1H3/t9-,10-,11?/m1/s1. The second kappa shape index (κ2) is 4.44. The van der Waals surface area contributed by atoms with Crippen molar-refractivity contribution in [1.82, 2.24) is 9.80 Å². The number of methoxy groups -OCH3 is 1. The van der Waals surface area contributed by atoms with Crippen LogP contribution < -0.4 is 0 Å². The summed E-state index contributed by atoms with van der Waals surface area (Å²) in [6, 6.07) is 0.356. The molecule has 3 saturated heterocycles. The van der Waals surface area contributed by atoms with Crippen molar-refractivity contribution in [2.75, 3.05) is 26.7 Å². The molecule has 0 saturated carbocycles. The Bertz CT molecular complexity index is 371. The van der Waals surface area contributed by atoms with Gasteiger partial charge in [0.05, 0.1) is 7.11 Å². The van der Waals surface area contributed by atoms with Gasteiger partial charge >= 0.3 is 6.09 Å². The number of nitrogens with zero attached hydrogens (tertiary/aromatic N) is 2. The Balaban J connectivity index is 1.76. The second-order valence-corrected chi connectivity index (χ2v) is 5.74. The zero-order valence-electron chi connectivity index (χ0n) is 10.8. The number of likely N-dealkylation sites (tertiary alicyclic amines) is 1. The summed E-state index contributed by atoms with van der Waals surface area (Å²) >= 11 is 0. The molecule has 0 aromatic heterocycles. The zero-order valence-corrected chi connectivity index (χ0v) is 10.8. The molecule has 0 spiro atoms. The molecular formula is C13H20N2O3. The molecule has 0 aromatic carbocycles. The number of hydrogen-bond donors (Lipinski definition) is 0. The fraction of sp³-hybridized carbons (Fsp3) is 0.846. The summed E-state index contributed by atoms with van der Waals surface area (Å²) in [5.74, 6) is 1.19. The summed E-state index contributed by atoms with van der Waals surface area (Å²) in [7, 11) is 1.43. The number of carbonyl (C=O) groups excluding carboxylic acids is 2. The molecule has 1 unspecified atom stereocenters. The maximum absolute atomic E-state index is 12.0. The van der Waals surface area contributed by atoms with Crippen molar-refractivity contribution >= 4 is 12.0 Å². The minimum atomic E-state index is -0.222. The molecular weight excluding hydrogens is 232 g/mol. The van der Waals surface area contributed by atoms with Crippen molar-refractivity contribution in [2.45, 2.75) is 31.7 Å². The van der Waals surface area contributed by atoms with Gasteiger partial charge in [0.2, 0.25) is 5.91 Å². The summed E-state index contributed by atoms with van der Waals surface area (Å²) in [6.07, 6.45) is 3.73. The molecule has 0 aromatic rings. The second-order valence-electron chi connectivity index (χ2n) is 5.74. The van der Waals surface area contributed by atoms with E-state index >= 15 is 0 Å². The molecule has 3 fully saturated rings. The van der Waals surface area contributed by atoms with Crippen molar-refractivity contribution in [3.8, 4) is 0 Å². The first kappa shape index (κ1) is 11.8. The lowest BCUT2D eigenvalue weighted by Gasteiger charge is -2.52. The summed E-state index contributed by atoms with van der Waals surface area (Å²) in [6.45, 7) is 2.31. The third-order valence-corrected chi connectivity index (χ3v) is 4.61.